The van der Waals surface area contributed by atoms with Gasteiger partial charge in [-0.2, -0.15) is 202 Å². The highest BCUT2D eigenvalue weighted by molar-refractivity contribution is 8.18. The van der Waals surface area contributed by atoms with Crippen molar-refractivity contribution in [2.45, 2.75) is 148 Å². The molecular weight excluding hydrogens is 1380 g/mol. The van der Waals surface area contributed by atoms with Crippen molar-refractivity contribution in [2.24, 2.45) is 0 Å². The van der Waals surface area contributed by atoms with Crippen LogP contribution < -0.4 is 0 Å². The quantitative estimate of drug-likeness (QED) is 0.0529. The lowest BCUT2D eigenvalue weighted by atomic mass is 9.85. The maximum absolute atomic E-state index is 14.6. The summed E-state index contributed by atoms with van der Waals surface area (Å²) >= 11 is -2.39. The Labute approximate surface area is 424 Å². The van der Waals surface area contributed by atoms with Crippen molar-refractivity contribution in [3.63, 3.8) is 0 Å². The van der Waals surface area contributed by atoms with E-state index < -0.39 is 204 Å². The van der Waals surface area contributed by atoms with Crippen LogP contribution in [0.3, 0.4) is 0 Å². The van der Waals surface area contributed by atoms with Crippen molar-refractivity contribution in [2.75, 3.05) is 24.7 Å². The first kappa shape index (κ1) is 77.6. The highest BCUT2D eigenvalue weighted by Gasteiger charge is 3.01. The molecule has 1 aliphatic heterocycles. The number of phosphoric acid groups is 1. The fourth-order valence-electron chi connectivity index (χ4n) is 5.27. The second-order valence-corrected chi connectivity index (χ2v) is 20.5. The Morgan fingerprint density at radius 2 is 0.427 bits per heavy atom. The zero-order valence-electron chi connectivity index (χ0n) is 36.1. The van der Waals surface area contributed by atoms with Crippen LogP contribution >= 0.6 is 31.3 Å². The molecule has 0 spiro atoms. The fourth-order valence-corrected chi connectivity index (χ4v) is 9.32. The Balaban J connectivity index is 3.73. The van der Waals surface area contributed by atoms with Crippen molar-refractivity contribution in [1.29, 1.82) is 0 Å². The molecule has 0 aromatic carbocycles. The normalized spacial score (nSPS) is 19.0. The van der Waals surface area contributed by atoms with Gasteiger partial charge in [0.2, 0.25) is 0 Å². The highest BCUT2D eigenvalue weighted by Crippen LogP contribution is 2.70. The Kier molecular flexibility index (Phi) is 19.5. The van der Waals surface area contributed by atoms with E-state index in [-0.39, 0.29) is 0 Å². The molecule has 1 fully saturated rings. The summed E-state index contributed by atoms with van der Waals surface area (Å²) in [6.45, 7) is -4.35. The third kappa shape index (κ3) is 10.6. The molecule has 0 atom stereocenters. The Morgan fingerprint density at radius 3 is 0.585 bits per heavy atom. The fraction of sp³-hybridized carbons (Fsp3) is 1.00. The van der Waals surface area contributed by atoms with Crippen LogP contribution in [-0.4, -0.2) is 164 Å². The molecule has 0 radical (unpaired) electrons. The second-order valence-electron chi connectivity index (χ2n) is 15.9. The molecular formula is C29H13F46O4PS2. The monoisotopic (exact) mass is 1390 g/mol. The lowest BCUT2D eigenvalue weighted by molar-refractivity contribution is -0.478. The van der Waals surface area contributed by atoms with Gasteiger partial charge in [-0.15, -0.1) is 23.5 Å². The summed E-state index contributed by atoms with van der Waals surface area (Å²) < 4.78 is 648. The number of alkyl halides is 46. The Hall–Kier alpha value is -2.41. The summed E-state index contributed by atoms with van der Waals surface area (Å²) in [4.78, 5) is 9.22. The molecule has 0 unspecified atom stereocenters. The van der Waals surface area contributed by atoms with Crippen LogP contribution in [0.4, 0.5) is 202 Å². The average Bonchev–Trinajstić information content (AvgIpc) is 3.25. The van der Waals surface area contributed by atoms with Crippen molar-refractivity contribution < 1.29 is 220 Å². The minimum absolute atomic E-state index is 1.20. The van der Waals surface area contributed by atoms with E-state index in [1.54, 1.807) is 0 Å². The van der Waals surface area contributed by atoms with Gasteiger partial charge in [0.25, 0.3) is 0 Å². The first-order valence-electron chi connectivity index (χ1n) is 18.4. The van der Waals surface area contributed by atoms with Crippen molar-refractivity contribution in [1.82, 2.24) is 0 Å². The molecule has 1 rings (SSSR count). The van der Waals surface area contributed by atoms with Gasteiger partial charge in [0, 0.05) is 24.3 Å². The molecule has 53 heteroatoms. The van der Waals surface area contributed by atoms with Gasteiger partial charge in [0.1, 0.15) is 4.08 Å². The molecule has 0 saturated carbocycles. The lowest BCUT2D eigenvalue weighted by Gasteiger charge is -2.45. The third-order valence-electron chi connectivity index (χ3n) is 10.4. The van der Waals surface area contributed by atoms with Gasteiger partial charge in [-0.25, -0.2) is 4.57 Å². The third-order valence-corrected chi connectivity index (χ3v) is 14.4. The van der Waals surface area contributed by atoms with Gasteiger partial charge in [-0.05, 0) is 0 Å². The maximum atomic E-state index is 14.6. The first-order valence-corrected chi connectivity index (χ1v) is 21.9. The van der Waals surface area contributed by atoms with E-state index in [0.717, 1.165) is 0 Å². The minimum atomic E-state index is -9.85. The summed E-state index contributed by atoms with van der Waals surface area (Å²) in [6, 6.07) is 0. The standard InChI is InChI=1S/C29H13F46O4PS2/c30-8(31,10(34,35)12(38,39)14(42,43)16(46,47)18(50,51)20(54,55)22(58,59)24(62,63)26(66,67)28(70,71)72)1-3-81-7(5-78-80(76,77)79-6-7)82-4-2-9(32,33)11(36,37)13(40,41)15(44,45)17(48,49)19(52,53)21(56,57)23(60,61)25(64,65)27(68,69)29(73,74)75/h1-6H2,(H,76,77). The summed E-state index contributed by atoms with van der Waals surface area (Å²) in [5, 5.41) is 0. The van der Waals surface area contributed by atoms with Crippen LogP contribution in [0.25, 0.3) is 0 Å². The zero-order valence-corrected chi connectivity index (χ0v) is 38.6. The van der Waals surface area contributed by atoms with Crippen molar-refractivity contribution >= 4 is 31.3 Å². The predicted molar refractivity (Wildman–Crippen MR) is 170 cm³/mol. The molecule has 1 N–H and O–H groups in total. The van der Waals surface area contributed by atoms with Crippen LogP contribution in [0, 0.1) is 0 Å². The largest absolute Gasteiger partial charge is 0.472 e. The molecule has 0 aromatic heterocycles. The molecule has 82 heavy (non-hydrogen) atoms. The van der Waals surface area contributed by atoms with Gasteiger partial charge in [0.15, 0.2) is 0 Å². The zero-order chi connectivity index (χ0) is 67.1. The van der Waals surface area contributed by atoms with Gasteiger partial charge < -0.3 is 4.89 Å². The Bertz CT molecular complexity index is 2160. The van der Waals surface area contributed by atoms with Crippen molar-refractivity contribution in [3.8, 4) is 0 Å². The SMILES string of the molecule is O=P1(O)OCC(SCCC(F)(F)C(F)(F)C(F)(F)C(F)(F)C(F)(F)C(F)(F)C(F)(F)C(F)(F)C(F)(F)C(F)(F)C(F)(F)F)(SCCC(F)(F)C(F)(F)C(F)(F)C(F)(F)C(F)(F)C(F)(F)C(F)(F)C(F)(F)C(F)(F)C(F)(F)C(F)(F)F)CO1. The van der Waals surface area contributed by atoms with Gasteiger partial charge in [0.05, 0.1) is 13.2 Å². The summed E-state index contributed by atoms with van der Waals surface area (Å²) in [6.07, 6.45) is -24.2. The molecule has 0 amide bonds. The van der Waals surface area contributed by atoms with Gasteiger partial charge in [-0.1, -0.05) is 0 Å². The maximum Gasteiger partial charge on any atom is 0.472 e. The van der Waals surface area contributed by atoms with Crippen molar-refractivity contribution in [3.05, 3.63) is 0 Å². The van der Waals surface area contributed by atoms with Crippen LogP contribution in [0.2, 0.25) is 0 Å². The van der Waals surface area contributed by atoms with Crippen LogP contribution in [-0.2, 0) is 13.6 Å². The average molecular weight is 1390 g/mol. The molecule has 0 aliphatic carbocycles. The Morgan fingerprint density at radius 1 is 0.280 bits per heavy atom. The topological polar surface area (TPSA) is 55.8 Å². The number of phosphoric ester groups is 1. The summed E-state index contributed by atoms with van der Waals surface area (Å²) in [5.41, 5.74) is 0. The molecule has 1 aliphatic rings. The molecule has 4 nitrogen and oxygen atoms in total. The van der Waals surface area contributed by atoms with E-state index in [9.17, 15) is 211 Å². The molecule has 1 heterocycles. The van der Waals surface area contributed by atoms with E-state index in [4.69, 9.17) is 0 Å². The molecule has 0 bridgehead atoms. The lowest BCUT2D eigenvalue weighted by Crippen LogP contribution is -2.77. The number of rotatable bonds is 26. The molecule has 1 saturated heterocycles. The number of hydrogen-bond donors (Lipinski definition) is 1. The van der Waals surface area contributed by atoms with E-state index in [0.29, 0.717) is 0 Å². The molecule has 492 valence electrons. The van der Waals surface area contributed by atoms with E-state index in [1.807, 2.05) is 0 Å². The van der Waals surface area contributed by atoms with E-state index >= 15 is 0 Å². The number of halogens is 46. The first-order chi connectivity index (χ1) is 34.8. The van der Waals surface area contributed by atoms with Crippen LogP contribution in [0.5, 0.6) is 0 Å². The highest BCUT2D eigenvalue weighted by atomic mass is 32.2. The summed E-state index contributed by atoms with van der Waals surface area (Å²) in [5.74, 6) is -191. The number of hydrogen-bond acceptors (Lipinski definition) is 5. The number of thioether (sulfide) groups is 2. The van der Waals surface area contributed by atoms with Gasteiger partial charge in [-0.3, -0.25) is 9.05 Å². The van der Waals surface area contributed by atoms with E-state index in [1.165, 1.54) is 0 Å². The summed E-state index contributed by atoms with van der Waals surface area (Å²) in [7, 11) is -5.74. The van der Waals surface area contributed by atoms with Crippen LogP contribution in [0.15, 0.2) is 0 Å². The second kappa shape index (κ2) is 20.6. The predicted octanol–water partition coefficient (Wildman–Crippen LogP) is 16.9. The minimum Gasteiger partial charge on any atom is -0.302 e. The van der Waals surface area contributed by atoms with Crippen LogP contribution in [0.1, 0.15) is 12.8 Å². The van der Waals surface area contributed by atoms with Gasteiger partial charge >= 0.3 is 139 Å². The molecule has 0 aromatic rings. The van der Waals surface area contributed by atoms with E-state index in [2.05, 4.69) is 9.05 Å². The smallest absolute Gasteiger partial charge is 0.302 e.